The summed E-state index contributed by atoms with van der Waals surface area (Å²) in [6.45, 7) is 5.30. The second-order valence-electron chi connectivity index (χ2n) is 4.39. The summed E-state index contributed by atoms with van der Waals surface area (Å²) in [5, 5.41) is 0. The van der Waals surface area contributed by atoms with Crippen molar-refractivity contribution < 1.29 is 9.31 Å². The number of allylic oxidation sites excluding steroid dienone is 2. The molecule has 4 heteroatoms. The minimum atomic E-state index is -1.74. The van der Waals surface area contributed by atoms with Gasteiger partial charge in [0.05, 0.1) is 0 Å². The molecule has 2 nitrogen and oxygen atoms in total. The molecule has 0 aliphatic rings. The minimum absolute atomic E-state index is 0.195. The molecule has 0 spiro atoms. The first-order chi connectivity index (χ1) is 6.99. The molecule has 15 heavy (non-hydrogen) atoms. The molecule has 0 unspecified atom stereocenters. The Hall–Kier alpha value is 0.264. The van der Waals surface area contributed by atoms with E-state index < -0.39 is 18.4 Å². The first-order valence-corrected chi connectivity index (χ1v) is 15.8. The molecule has 86 valence electrons. The van der Waals surface area contributed by atoms with Gasteiger partial charge in [-0.1, -0.05) is 0 Å². The van der Waals surface area contributed by atoms with Crippen LogP contribution in [0.3, 0.4) is 0 Å². The number of hydrogen-bond acceptors (Lipinski definition) is 2. The van der Waals surface area contributed by atoms with E-state index in [4.69, 9.17) is 9.31 Å². The van der Waals surface area contributed by atoms with Gasteiger partial charge in [-0.3, -0.25) is 0 Å². The van der Waals surface area contributed by atoms with Gasteiger partial charge in [-0.15, -0.1) is 0 Å². The molecule has 0 amide bonds. The van der Waals surface area contributed by atoms with Crippen molar-refractivity contribution in [3.63, 3.8) is 0 Å². The Bertz CT molecular complexity index is 203. The van der Waals surface area contributed by atoms with Crippen LogP contribution in [-0.4, -0.2) is 38.7 Å². The molecule has 0 aromatic carbocycles. The number of hydrogen-bond donors (Lipinski definition) is 0. The van der Waals surface area contributed by atoms with Gasteiger partial charge in [-0.25, -0.2) is 0 Å². The van der Waals surface area contributed by atoms with Crippen LogP contribution in [0.4, 0.5) is 0 Å². The maximum absolute atomic E-state index is 5.39. The first-order valence-electron chi connectivity index (χ1n) is 5.58. The number of rotatable bonds is 7. The Kier molecular flexibility index (Phi) is 8.57. The van der Waals surface area contributed by atoms with Gasteiger partial charge in [0.15, 0.2) is 0 Å². The zero-order valence-corrected chi connectivity index (χ0v) is 13.5. The summed E-state index contributed by atoms with van der Waals surface area (Å²) < 4.78 is 13.1. The molecule has 0 radical (unpaired) electrons. The van der Waals surface area contributed by atoms with Crippen molar-refractivity contribution in [2.24, 2.45) is 0 Å². The predicted molar refractivity (Wildman–Crippen MR) is 70.6 cm³/mol. The van der Waals surface area contributed by atoms with Gasteiger partial charge in [0.1, 0.15) is 0 Å². The van der Waals surface area contributed by atoms with Crippen LogP contribution in [0.2, 0.25) is 14.8 Å². The third-order valence-corrected chi connectivity index (χ3v) is 5.04. The molecule has 0 N–H and O–H groups in total. The van der Waals surface area contributed by atoms with Crippen LogP contribution >= 0.6 is 0 Å². The van der Waals surface area contributed by atoms with E-state index >= 15 is 0 Å². The summed E-state index contributed by atoms with van der Waals surface area (Å²) in [7, 11) is -0.195. The second-order valence-corrected chi connectivity index (χ2v) is 18.8. The molecule has 0 aromatic rings. The Morgan fingerprint density at radius 1 is 1.00 bits per heavy atom. The van der Waals surface area contributed by atoms with Gasteiger partial charge in [0.25, 0.3) is 0 Å². The molecule has 0 saturated carbocycles. The summed E-state index contributed by atoms with van der Waals surface area (Å²) in [5.74, 6) is 1.96. The second kappa shape index (κ2) is 8.42. The average Bonchev–Trinajstić information content (AvgIpc) is 2.11. The standard InChI is InChI=1S/C8H14BO2.3CH3.Sn/c1-4-7-8-9(10-5-2)11-6-3;;;;/h1,4,7-8H,5-6H2,2-3H3;3*1H3;. The predicted octanol–water partition coefficient (Wildman–Crippen LogP) is 3.08. The topological polar surface area (TPSA) is 18.5 Å². The van der Waals surface area contributed by atoms with Gasteiger partial charge in [0.2, 0.25) is 0 Å². The molecule has 0 aromatic heterocycles. The van der Waals surface area contributed by atoms with E-state index in [0.29, 0.717) is 13.2 Å². The van der Waals surface area contributed by atoms with Crippen molar-refractivity contribution in [2.75, 3.05) is 13.2 Å². The Balaban J connectivity index is 4.04. The molecule has 0 fully saturated rings. The molecular formula is C11H23BO2Sn. The third-order valence-electron chi connectivity index (χ3n) is 1.64. The Morgan fingerprint density at radius 3 is 1.93 bits per heavy atom. The molecule has 0 saturated heterocycles. The molecule has 0 atom stereocenters. The van der Waals surface area contributed by atoms with Crippen molar-refractivity contribution in [1.82, 2.24) is 0 Å². The molecule has 0 bridgehead atoms. The average molecular weight is 317 g/mol. The molecule has 0 heterocycles. The van der Waals surface area contributed by atoms with E-state index in [2.05, 4.69) is 25.0 Å². The fraction of sp³-hybridized carbons (Fsp3) is 0.636. The fourth-order valence-corrected chi connectivity index (χ4v) is 2.95. The van der Waals surface area contributed by atoms with Crippen LogP contribution in [0.15, 0.2) is 22.2 Å². The van der Waals surface area contributed by atoms with Crippen LogP contribution in [0, 0.1) is 0 Å². The van der Waals surface area contributed by atoms with Crippen LogP contribution in [0.25, 0.3) is 0 Å². The van der Waals surface area contributed by atoms with Crippen molar-refractivity contribution >= 4 is 25.5 Å². The summed E-state index contributed by atoms with van der Waals surface area (Å²) in [4.78, 5) is 7.13. The first kappa shape index (κ1) is 15.3. The van der Waals surface area contributed by atoms with Gasteiger partial charge < -0.3 is 0 Å². The Labute approximate surface area is 98.7 Å². The Morgan fingerprint density at radius 2 is 1.53 bits per heavy atom. The normalized spacial score (nSPS) is 12.9. The van der Waals surface area contributed by atoms with E-state index in [9.17, 15) is 0 Å². The SMILES string of the molecule is CCOB(C=CC=[CH][Sn]([CH3])([CH3])[CH3])OCC. The third kappa shape index (κ3) is 10.5. The summed E-state index contributed by atoms with van der Waals surface area (Å²) >= 11 is -1.74. The maximum atomic E-state index is 5.39. The summed E-state index contributed by atoms with van der Waals surface area (Å²) in [6.07, 6.45) is 4.15. The summed E-state index contributed by atoms with van der Waals surface area (Å²) in [6, 6.07) is 0. The summed E-state index contributed by atoms with van der Waals surface area (Å²) in [5.41, 5.74) is 0. The van der Waals surface area contributed by atoms with Gasteiger partial charge in [-0.05, 0) is 0 Å². The molecule has 0 aliphatic carbocycles. The van der Waals surface area contributed by atoms with Gasteiger partial charge in [-0.2, -0.15) is 0 Å². The van der Waals surface area contributed by atoms with E-state index in [1.165, 1.54) is 0 Å². The van der Waals surface area contributed by atoms with E-state index in [1.54, 1.807) is 0 Å². The van der Waals surface area contributed by atoms with E-state index in [1.807, 2.05) is 25.9 Å². The fourth-order valence-electron chi connectivity index (χ4n) is 0.987. The van der Waals surface area contributed by atoms with Gasteiger partial charge >= 0.3 is 98.9 Å². The van der Waals surface area contributed by atoms with Crippen molar-refractivity contribution in [3.8, 4) is 0 Å². The molecular weight excluding hydrogens is 294 g/mol. The van der Waals surface area contributed by atoms with Crippen LogP contribution in [0.1, 0.15) is 13.8 Å². The monoisotopic (exact) mass is 318 g/mol. The molecule has 0 rings (SSSR count). The van der Waals surface area contributed by atoms with Crippen LogP contribution < -0.4 is 0 Å². The van der Waals surface area contributed by atoms with Crippen molar-refractivity contribution in [3.05, 3.63) is 22.2 Å². The van der Waals surface area contributed by atoms with Crippen molar-refractivity contribution in [2.45, 2.75) is 28.7 Å². The van der Waals surface area contributed by atoms with Crippen molar-refractivity contribution in [1.29, 1.82) is 0 Å². The zero-order chi connectivity index (χ0) is 11.7. The van der Waals surface area contributed by atoms with Crippen LogP contribution in [-0.2, 0) is 9.31 Å². The van der Waals surface area contributed by atoms with Gasteiger partial charge in [0, 0.05) is 0 Å². The van der Waals surface area contributed by atoms with Crippen LogP contribution in [0.5, 0.6) is 0 Å². The zero-order valence-electron chi connectivity index (χ0n) is 10.6. The quantitative estimate of drug-likeness (QED) is 0.531. The van der Waals surface area contributed by atoms with E-state index in [0.717, 1.165) is 0 Å². The molecule has 0 aliphatic heterocycles. The van der Waals surface area contributed by atoms with E-state index in [-0.39, 0.29) is 7.12 Å².